The van der Waals surface area contributed by atoms with Crippen molar-refractivity contribution in [1.82, 2.24) is 10.2 Å². The zero-order chi connectivity index (χ0) is 15.2. The van der Waals surface area contributed by atoms with E-state index in [0.29, 0.717) is 19.2 Å². The predicted molar refractivity (Wildman–Crippen MR) is 72.1 cm³/mol. The summed E-state index contributed by atoms with van der Waals surface area (Å²) in [5.74, 6) is -2.06. The van der Waals surface area contributed by atoms with E-state index in [1.807, 2.05) is 7.05 Å². The van der Waals surface area contributed by atoms with Crippen LogP contribution in [-0.2, 0) is 9.53 Å². The van der Waals surface area contributed by atoms with E-state index in [1.165, 1.54) is 0 Å². The number of nitrogens with zero attached hydrogens (tertiary/aromatic N) is 1. The van der Waals surface area contributed by atoms with Crippen LogP contribution in [0.2, 0.25) is 0 Å². The van der Waals surface area contributed by atoms with Crippen LogP contribution in [0.1, 0.15) is 0 Å². The number of rotatable bonds is 5. The summed E-state index contributed by atoms with van der Waals surface area (Å²) in [7, 11) is 1.98. The molecule has 0 saturated carbocycles. The molecule has 1 aromatic rings. The first-order chi connectivity index (χ1) is 10.0. The number of benzene rings is 1. The van der Waals surface area contributed by atoms with Crippen LogP contribution in [0.4, 0.5) is 8.78 Å². The van der Waals surface area contributed by atoms with Gasteiger partial charge in [0.2, 0.25) is 0 Å². The topological polar surface area (TPSA) is 50.8 Å². The average molecular weight is 300 g/mol. The Bertz CT molecular complexity index is 499. The summed E-state index contributed by atoms with van der Waals surface area (Å²) < 4.78 is 36.5. The summed E-state index contributed by atoms with van der Waals surface area (Å²) in [5, 5.41) is 2.66. The van der Waals surface area contributed by atoms with Crippen LogP contribution in [-0.4, -0.2) is 56.8 Å². The van der Waals surface area contributed by atoms with Gasteiger partial charge in [0.05, 0.1) is 12.7 Å². The van der Waals surface area contributed by atoms with Gasteiger partial charge in [-0.05, 0) is 19.2 Å². The van der Waals surface area contributed by atoms with Crippen LogP contribution in [0, 0.1) is 11.6 Å². The van der Waals surface area contributed by atoms with Gasteiger partial charge < -0.3 is 19.7 Å². The molecule has 0 radical (unpaired) electrons. The summed E-state index contributed by atoms with van der Waals surface area (Å²) in [4.78, 5) is 13.7. The van der Waals surface area contributed by atoms with E-state index in [9.17, 15) is 13.6 Å². The molecule has 1 saturated heterocycles. The Hall–Kier alpha value is -1.73. The maximum atomic E-state index is 13.3. The molecule has 1 N–H and O–H groups in total. The van der Waals surface area contributed by atoms with Crippen molar-refractivity contribution in [1.29, 1.82) is 0 Å². The van der Waals surface area contributed by atoms with Crippen LogP contribution in [0.25, 0.3) is 0 Å². The zero-order valence-electron chi connectivity index (χ0n) is 11.8. The first-order valence-corrected chi connectivity index (χ1v) is 6.69. The van der Waals surface area contributed by atoms with Gasteiger partial charge in [0.1, 0.15) is 5.82 Å². The number of carbonyl (C=O) groups is 1. The molecule has 116 valence electrons. The Morgan fingerprint density at radius 1 is 1.52 bits per heavy atom. The van der Waals surface area contributed by atoms with Gasteiger partial charge in [-0.1, -0.05) is 0 Å². The minimum atomic E-state index is -0.833. The molecule has 1 heterocycles. The average Bonchev–Trinajstić information content (AvgIpc) is 2.44. The maximum Gasteiger partial charge on any atom is 0.258 e. The van der Waals surface area contributed by atoms with Crippen molar-refractivity contribution in [3.63, 3.8) is 0 Å². The van der Waals surface area contributed by atoms with Crippen molar-refractivity contribution in [2.45, 2.75) is 6.10 Å². The highest BCUT2D eigenvalue weighted by molar-refractivity contribution is 5.77. The van der Waals surface area contributed by atoms with Crippen molar-refractivity contribution in [2.75, 3.05) is 39.9 Å². The van der Waals surface area contributed by atoms with Crippen molar-refractivity contribution >= 4 is 5.91 Å². The molecule has 0 spiro atoms. The van der Waals surface area contributed by atoms with Crippen molar-refractivity contribution in [3.8, 4) is 5.75 Å². The van der Waals surface area contributed by atoms with Gasteiger partial charge in [-0.15, -0.1) is 0 Å². The summed E-state index contributed by atoms with van der Waals surface area (Å²) >= 11 is 0. The highest BCUT2D eigenvalue weighted by Gasteiger charge is 2.18. The number of halogens is 2. The van der Waals surface area contributed by atoms with Gasteiger partial charge >= 0.3 is 0 Å². The molecule has 1 unspecified atom stereocenters. The van der Waals surface area contributed by atoms with E-state index in [-0.39, 0.29) is 24.4 Å². The minimum absolute atomic E-state index is 0.0599. The van der Waals surface area contributed by atoms with Crippen molar-refractivity contribution in [3.05, 3.63) is 29.8 Å². The standard InChI is InChI=1S/C14H18F2N2O3/c1-18-4-5-20-11(8-18)7-17-14(19)9-21-13-3-2-10(15)6-12(13)16/h2-3,6,11H,4-5,7-9H2,1H3,(H,17,19). The Morgan fingerprint density at radius 3 is 3.05 bits per heavy atom. The van der Waals surface area contributed by atoms with E-state index in [4.69, 9.17) is 9.47 Å². The van der Waals surface area contributed by atoms with Crippen LogP contribution >= 0.6 is 0 Å². The highest BCUT2D eigenvalue weighted by Crippen LogP contribution is 2.17. The number of amides is 1. The van der Waals surface area contributed by atoms with Gasteiger partial charge in [0.15, 0.2) is 18.2 Å². The quantitative estimate of drug-likeness (QED) is 0.873. The smallest absolute Gasteiger partial charge is 0.258 e. The molecule has 1 aromatic carbocycles. The lowest BCUT2D eigenvalue weighted by atomic mass is 10.3. The molecule has 0 bridgehead atoms. The molecule has 1 aliphatic heterocycles. The lowest BCUT2D eigenvalue weighted by Crippen LogP contribution is -2.46. The second-order valence-corrected chi connectivity index (χ2v) is 4.92. The fourth-order valence-corrected chi connectivity index (χ4v) is 2.00. The maximum absolute atomic E-state index is 13.3. The Morgan fingerprint density at radius 2 is 2.33 bits per heavy atom. The predicted octanol–water partition coefficient (Wildman–Crippen LogP) is 0.790. The largest absolute Gasteiger partial charge is 0.481 e. The molecule has 1 atom stereocenters. The molecule has 1 aliphatic rings. The van der Waals surface area contributed by atoms with Gasteiger partial charge in [-0.2, -0.15) is 0 Å². The number of nitrogens with one attached hydrogen (secondary N) is 1. The molecule has 1 fully saturated rings. The number of hydrogen-bond acceptors (Lipinski definition) is 4. The number of morpholine rings is 1. The van der Waals surface area contributed by atoms with Crippen LogP contribution in [0.5, 0.6) is 5.75 Å². The van der Waals surface area contributed by atoms with Gasteiger partial charge in [0, 0.05) is 25.7 Å². The third-order valence-corrected chi connectivity index (χ3v) is 3.12. The van der Waals surface area contributed by atoms with Gasteiger partial charge in [-0.25, -0.2) is 8.78 Å². The summed E-state index contributed by atoms with van der Waals surface area (Å²) in [6, 6.07) is 2.93. The van der Waals surface area contributed by atoms with Crippen LogP contribution in [0.15, 0.2) is 18.2 Å². The molecule has 0 aromatic heterocycles. The molecule has 0 aliphatic carbocycles. The van der Waals surface area contributed by atoms with Crippen LogP contribution < -0.4 is 10.1 Å². The Kier molecular flexibility index (Phi) is 5.46. The fraction of sp³-hybridized carbons (Fsp3) is 0.500. The molecule has 21 heavy (non-hydrogen) atoms. The van der Waals surface area contributed by atoms with Crippen molar-refractivity contribution < 1.29 is 23.0 Å². The Balaban J connectivity index is 1.72. The number of hydrogen-bond donors (Lipinski definition) is 1. The van der Waals surface area contributed by atoms with Gasteiger partial charge in [0.25, 0.3) is 5.91 Å². The van der Waals surface area contributed by atoms with E-state index in [0.717, 1.165) is 25.2 Å². The number of ether oxygens (including phenoxy) is 2. The molecular formula is C14H18F2N2O3. The normalized spacial score (nSPS) is 19.3. The highest BCUT2D eigenvalue weighted by atomic mass is 19.1. The molecular weight excluding hydrogens is 282 g/mol. The van der Waals surface area contributed by atoms with Crippen LogP contribution in [0.3, 0.4) is 0 Å². The van der Waals surface area contributed by atoms with Gasteiger partial charge in [-0.3, -0.25) is 4.79 Å². The summed E-state index contributed by atoms with van der Waals surface area (Å²) in [5.41, 5.74) is 0. The monoisotopic (exact) mass is 300 g/mol. The zero-order valence-corrected chi connectivity index (χ0v) is 11.8. The third kappa shape index (κ3) is 4.95. The SMILES string of the molecule is CN1CCOC(CNC(=O)COc2ccc(F)cc2F)C1. The lowest BCUT2D eigenvalue weighted by molar-refractivity contribution is -0.124. The molecule has 1 amide bonds. The second-order valence-electron chi connectivity index (χ2n) is 4.92. The number of likely N-dealkylation sites (N-methyl/N-ethyl adjacent to an activating group) is 1. The molecule has 2 rings (SSSR count). The van der Waals surface area contributed by atoms with E-state index in [1.54, 1.807) is 0 Å². The first kappa shape index (κ1) is 15.7. The summed E-state index contributed by atoms with van der Waals surface area (Å²) in [6.07, 6.45) is -0.0599. The van der Waals surface area contributed by atoms with E-state index >= 15 is 0 Å². The van der Waals surface area contributed by atoms with E-state index < -0.39 is 11.6 Å². The first-order valence-electron chi connectivity index (χ1n) is 6.69. The third-order valence-electron chi connectivity index (χ3n) is 3.12. The fourth-order valence-electron chi connectivity index (χ4n) is 2.00. The lowest BCUT2D eigenvalue weighted by Gasteiger charge is -2.30. The molecule has 7 heteroatoms. The van der Waals surface area contributed by atoms with E-state index in [2.05, 4.69) is 10.2 Å². The number of carbonyl (C=O) groups excluding carboxylic acids is 1. The minimum Gasteiger partial charge on any atom is -0.481 e. The summed E-state index contributed by atoms with van der Waals surface area (Å²) in [6.45, 7) is 2.29. The molecule has 5 nitrogen and oxygen atoms in total. The van der Waals surface area contributed by atoms with Crippen molar-refractivity contribution in [2.24, 2.45) is 0 Å². The Labute approximate surface area is 121 Å². The second kappa shape index (κ2) is 7.33.